The molecule has 0 aliphatic rings. The number of hydrogen-bond donors (Lipinski definition) is 1. The average Bonchev–Trinajstić information content (AvgIpc) is 2.31. The van der Waals surface area contributed by atoms with Crippen LogP contribution in [0.1, 0.15) is 32.8 Å². The van der Waals surface area contributed by atoms with E-state index >= 15 is 0 Å². The van der Waals surface area contributed by atoms with Crippen LogP contribution in [0.2, 0.25) is 0 Å². The van der Waals surface area contributed by atoms with Crippen LogP contribution < -0.4 is 10.6 Å². The number of anilines is 1. The maximum Gasteiger partial charge on any atom is 0.0412 e. The van der Waals surface area contributed by atoms with Gasteiger partial charge in [0.2, 0.25) is 0 Å². The van der Waals surface area contributed by atoms with Gasteiger partial charge in [-0.05, 0) is 38.8 Å². The molecule has 0 heterocycles. The molecule has 0 fully saturated rings. The van der Waals surface area contributed by atoms with Gasteiger partial charge in [-0.25, -0.2) is 0 Å². The van der Waals surface area contributed by atoms with E-state index in [0.29, 0.717) is 6.04 Å². The summed E-state index contributed by atoms with van der Waals surface area (Å²) in [5.41, 5.74) is 8.76. The fourth-order valence-corrected chi connectivity index (χ4v) is 2.14. The molecule has 0 radical (unpaired) electrons. The maximum atomic E-state index is 6.14. The number of likely N-dealkylation sites (N-methyl/N-ethyl adjacent to an activating group) is 1. The highest BCUT2D eigenvalue weighted by Gasteiger charge is 2.19. The van der Waals surface area contributed by atoms with Gasteiger partial charge in [0, 0.05) is 24.3 Å². The second kappa shape index (κ2) is 5.90. The molecule has 1 aromatic carbocycles. The van der Waals surface area contributed by atoms with Crippen LogP contribution in [0.5, 0.6) is 0 Å². The molecule has 16 heavy (non-hydrogen) atoms. The molecule has 2 nitrogen and oxygen atoms in total. The molecule has 2 N–H and O–H groups in total. The fourth-order valence-electron chi connectivity index (χ4n) is 2.14. The number of benzene rings is 1. The minimum atomic E-state index is 0.236. The third-order valence-corrected chi connectivity index (χ3v) is 3.35. The quantitative estimate of drug-likeness (QED) is 0.826. The first-order chi connectivity index (χ1) is 7.61. The summed E-state index contributed by atoms with van der Waals surface area (Å²) in [6.45, 7) is 9.70. The number of para-hydroxylation sites is 1. The highest BCUT2D eigenvalue weighted by Crippen LogP contribution is 2.22. The fraction of sp³-hybridized carbons (Fsp3) is 0.571. The Morgan fingerprint density at radius 2 is 1.88 bits per heavy atom. The smallest absolute Gasteiger partial charge is 0.0412 e. The number of rotatable bonds is 5. The summed E-state index contributed by atoms with van der Waals surface area (Å²) in [5.74, 6) is 0. The van der Waals surface area contributed by atoms with Crippen molar-refractivity contribution in [3.05, 3.63) is 29.8 Å². The van der Waals surface area contributed by atoms with E-state index in [0.717, 1.165) is 13.0 Å². The molecule has 0 aromatic heterocycles. The van der Waals surface area contributed by atoms with E-state index in [2.05, 4.69) is 56.9 Å². The average molecular weight is 220 g/mol. The van der Waals surface area contributed by atoms with Crippen LogP contribution in [0.4, 0.5) is 5.69 Å². The molecular weight excluding hydrogens is 196 g/mol. The van der Waals surface area contributed by atoms with Gasteiger partial charge in [-0.15, -0.1) is 0 Å². The van der Waals surface area contributed by atoms with Gasteiger partial charge in [-0.1, -0.05) is 25.1 Å². The molecule has 0 saturated carbocycles. The number of nitrogens with two attached hydrogens (primary N) is 1. The Balaban J connectivity index is 2.94. The molecule has 0 bridgehead atoms. The molecule has 2 heteroatoms. The Kier molecular flexibility index (Phi) is 4.81. The summed E-state index contributed by atoms with van der Waals surface area (Å²) in [4.78, 5) is 2.39. The van der Waals surface area contributed by atoms with E-state index in [1.165, 1.54) is 11.3 Å². The minimum absolute atomic E-state index is 0.236. The molecule has 1 rings (SSSR count). The standard InChI is InChI=1S/C14H24N2/c1-5-13(15)12(4)16(6-2)14-10-8-7-9-11(14)3/h7-10,12-13H,5-6,15H2,1-4H3. The monoisotopic (exact) mass is 220 g/mol. The van der Waals surface area contributed by atoms with Gasteiger partial charge in [0.15, 0.2) is 0 Å². The van der Waals surface area contributed by atoms with E-state index in [9.17, 15) is 0 Å². The molecule has 1 aromatic rings. The van der Waals surface area contributed by atoms with Crippen molar-refractivity contribution < 1.29 is 0 Å². The van der Waals surface area contributed by atoms with Crippen molar-refractivity contribution in [1.82, 2.24) is 0 Å². The Hall–Kier alpha value is -1.02. The minimum Gasteiger partial charge on any atom is -0.367 e. The molecular formula is C14H24N2. The van der Waals surface area contributed by atoms with Crippen molar-refractivity contribution in [2.75, 3.05) is 11.4 Å². The molecule has 0 aliphatic carbocycles. The Morgan fingerprint density at radius 1 is 1.25 bits per heavy atom. The largest absolute Gasteiger partial charge is 0.367 e. The number of nitrogens with zero attached hydrogens (tertiary/aromatic N) is 1. The van der Waals surface area contributed by atoms with Crippen LogP contribution in [0.25, 0.3) is 0 Å². The van der Waals surface area contributed by atoms with Gasteiger partial charge in [-0.2, -0.15) is 0 Å². The van der Waals surface area contributed by atoms with Crippen molar-refractivity contribution in [3.8, 4) is 0 Å². The highest BCUT2D eigenvalue weighted by molar-refractivity contribution is 5.53. The van der Waals surface area contributed by atoms with E-state index in [4.69, 9.17) is 5.73 Å². The summed E-state index contributed by atoms with van der Waals surface area (Å²) in [7, 11) is 0. The lowest BCUT2D eigenvalue weighted by Gasteiger charge is -2.34. The lowest BCUT2D eigenvalue weighted by atomic mass is 10.0. The first kappa shape index (κ1) is 13.0. The zero-order chi connectivity index (χ0) is 12.1. The van der Waals surface area contributed by atoms with Crippen LogP contribution in [0.15, 0.2) is 24.3 Å². The summed E-state index contributed by atoms with van der Waals surface area (Å²) < 4.78 is 0. The lowest BCUT2D eigenvalue weighted by molar-refractivity contribution is 0.507. The van der Waals surface area contributed by atoms with Crippen LogP contribution in [0.3, 0.4) is 0 Å². The molecule has 0 aliphatic heterocycles. The Labute approximate surface area is 99.5 Å². The van der Waals surface area contributed by atoms with E-state index in [-0.39, 0.29) is 6.04 Å². The first-order valence-electron chi connectivity index (χ1n) is 6.19. The van der Waals surface area contributed by atoms with Crippen LogP contribution in [-0.4, -0.2) is 18.6 Å². The summed E-state index contributed by atoms with van der Waals surface area (Å²) in [6, 6.07) is 9.13. The summed E-state index contributed by atoms with van der Waals surface area (Å²) in [5, 5.41) is 0. The highest BCUT2D eigenvalue weighted by atomic mass is 15.2. The van der Waals surface area contributed by atoms with Gasteiger partial charge < -0.3 is 10.6 Å². The van der Waals surface area contributed by atoms with Crippen molar-refractivity contribution in [2.24, 2.45) is 5.73 Å². The first-order valence-corrected chi connectivity index (χ1v) is 6.19. The predicted molar refractivity (Wildman–Crippen MR) is 71.9 cm³/mol. The SMILES string of the molecule is CCC(N)C(C)N(CC)c1ccccc1C. The van der Waals surface area contributed by atoms with Gasteiger partial charge >= 0.3 is 0 Å². The number of hydrogen-bond acceptors (Lipinski definition) is 2. The van der Waals surface area contributed by atoms with Gasteiger partial charge in [0.25, 0.3) is 0 Å². The zero-order valence-corrected chi connectivity index (χ0v) is 10.9. The predicted octanol–water partition coefficient (Wildman–Crippen LogP) is 2.95. The van der Waals surface area contributed by atoms with Crippen LogP contribution in [0, 0.1) is 6.92 Å². The second-order valence-corrected chi connectivity index (χ2v) is 4.39. The molecule has 0 spiro atoms. The van der Waals surface area contributed by atoms with E-state index < -0.39 is 0 Å². The zero-order valence-electron chi connectivity index (χ0n) is 10.9. The lowest BCUT2D eigenvalue weighted by Crippen LogP contribution is -2.46. The topological polar surface area (TPSA) is 29.3 Å². The Bertz CT molecular complexity index is 322. The normalized spacial score (nSPS) is 14.6. The number of aryl methyl sites for hydroxylation is 1. The molecule has 0 amide bonds. The van der Waals surface area contributed by atoms with Crippen molar-refractivity contribution >= 4 is 5.69 Å². The van der Waals surface area contributed by atoms with Gasteiger partial charge in [-0.3, -0.25) is 0 Å². The third-order valence-electron chi connectivity index (χ3n) is 3.35. The van der Waals surface area contributed by atoms with Crippen LogP contribution >= 0.6 is 0 Å². The molecule has 0 saturated heterocycles. The Morgan fingerprint density at radius 3 is 2.38 bits per heavy atom. The maximum absolute atomic E-state index is 6.14. The molecule has 2 atom stereocenters. The van der Waals surface area contributed by atoms with Gasteiger partial charge in [0.05, 0.1) is 0 Å². The van der Waals surface area contributed by atoms with E-state index in [1.54, 1.807) is 0 Å². The van der Waals surface area contributed by atoms with Crippen molar-refractivity contribution in [2.45, 2.75) is 46.2 Å². The van der Waals surface area contributed by atoms with Crippen molar-refractivity contribution in [1.29, 1.82) is 0 Å². The second-order valence-electron chi connectivity index (χ2n) is 4.39. The van der Waals surface area contributed by atoms with Gasteiger partial charge in [0.1, 0.15) is 0 Å². The summed E-state index contributed by atoms with van der Waals surface area (Å²) in [6.07, 6.45) is 1.02. The summed E-state index contributed by atoms with van der Waals surface area (Å²) >= 11 is 0. The molecule has 90 valence electrons. The van der Waals surface area contributed by atoms with Crippen molar-refractivity contribution in [3.63, 3.8) is 0 Å². The third kappa shape index (κ3) is 2.76. The molecule has 2 unspecified atom stereocenters. The van der Waals surface area contributed by atoms with E-state index in [1.807, 2.05) is 0 Å². The van der Waals surface area contributed by atoms with Crippen LogP contribution in [-0.2, 0) is 0 Å².